The molecule has 0 aromatic heterocycles. The molecule has 0 saturated carbocycles. The monoisotopic (exact) mass is 542 g/mol. The number of aryl methyl sites for hydroxylation is 1. The number of aromatic hydroxyl groups is 4. The fraction of sp³-hybridized carbons (Fsp3) is 0.233. The number of aliphatic hydroxyl groups is 2. The molecule has 0 spiro atoms. The van der Waals surface area contributed by atoms with Crippen molar-refractivity contribution in [2.45, 2.75) is 31.7 Å². The molecule has 0 bridgehead atoms. The third kappa shape index (κ3) is 2.97. The fourth-order valence-electron chi connectivity index (χ4n) is 6.97. The Morgan fingerprint density at radius 2 is 1.35 bits per heavy atom. The Bertz CT molecular complexity index is 1770. The van der Waals surface area contributed by atoms with E-state index in [1.165, 1.54) is 18.2 Å². The Balaban J connectivity index is 1.43. The maximum Gasteiger partial charge on any atom is 0.342 e. The number of aliphatic hydroxyl groups excluding tert-OH is 2. The first-order chi connectivity index (χ1) is 19.0. The van der Waals surface area contributed by atoms with Gasteiger partial charge in [-0.3, -0.25) is 9.59 Å². The first kappa shape index (κ1) is 24.4. The van der Waals surface area contributed by atoms with Gasteiger partial charge >= 0.3 is 5.97 Å². The van der Waals surface area contributed by atoms with E-state index in [9.17, 15) is 45.0 Å². The molecule has 6 N–H and O–H groups in total. The lowest BCUT2D eigenvalue weighted by Gasteiger charge is -2.39. The molecule has 0 radical (unpaired) electrons. The number of carbonyl (C=O) groups is 3. The Kier molecular flexibility index (Phi) is 4.84. The van der Waals surface area contributed by atoms with Crippen LogP contribution in [0.2, 0.25) is 0 Å². The van der Waals surface area contributed by atoms with Gasteiger partial charge in [-0.25, -0.2) is 4.79 Å². The zero-order chi connectivity index (χ0) is 28.4. The molecule has 3 aromatic rings. The van der Waals surface area contributed by atoms with Crippen LogP contribution in [0.4, 0.5) is 0 Å². The van der Waals surface area contributed by atoms with Crippen molar-refractivity contribution < 1.29 is 49.8 Å². The molecule has 0 saturated heterocycles. The van der Waals surface area contributed by atoms with Gasteiger partial charge in [0.25, 0.3) is 0 Å². The lowest BCUT2D eigenvalue weighted by Crippen LogP contribution is -2.44. The van der Waals surface area contributed by atoms with E-state index in [1.807, 2.05) is 0 Å². The minimum absolute atomic E-state index is 0.143. The molecule has 7 rings (SSSR count). The summed E-state index contributed by atoms with van der Waals surface area (Å²) < 4.78 is 5.62. The fourth-order valence-corrected chi connectivity index (χ4v) is 6.97. The van der Waals surface area contributed by atoms with Gasteiger partial charge in [-0.05, 0) is 77.4 Å². The Labute approximate surface area is 226 Å². The molecule has 0 fully saturated rings. The Morgan fingerprint density at radius 1 is 0.750 bits per heavy atom. The lowest BCUT2D eigenvalue weighted by molar-refractivity contribution is -0.0693. The normalized spacial score (nSPS) is 25.9. The molecule has 4 aliphatic rings. The number of esters is 1. The van der Waals surface area contributed by atoms with Gasteiger partial charge in [0.1, 0.15) is 40.8 Å². The highest BCUT2D eigenvalue weighted by atomic mass is 16.6. The highest BCUT2D eigenvalue weighted by Crippen LogP contribution is 2.55. The lowest BCUT2D eigenvalue weighted by atomic mass is 9.70. The third-order valence-corrected chi connectivity index (χ3v) is 8.54. The van der Waals surface area contributed by atoms with Crippen molar-refractivity contribution in [1.29, 1.82) is 0 Å². The van der Waals surface area contributed by atoms with Crippen molar-refractivity contribution in [3.8, 4) is 23.0 Å². The van der Waals surface area contributed by atoms with Crippen molar-refractivity contribution in [3.05, 3.63) is 86.5 Å². The highest BCUT2D eigenvalue weighted by Gasteiger charge is 2.53. The standard InChI is InChI=1S/C30H22O10/c1-9-4-13-20(16(33)5-9)30(39)40-29-18(35)8-12-11(21(29)26(13)36)6-10-7-17(34)24-25(19(10)12)28(38)23-15(32)3-2-14(31)22(23)27(24)37/h2-5,7-8,11,18,21,26,29,31-36H,6H2,1H3. The second kappa shape index (κ2) is 7.93. The van der Waals surface area contributed by atoms with Crippen molar-refractivity contribution in [1.82, 2.24) is 0 Å². The van der Waals surface area contributed by atoms with Gasteiger partial charge in [0.2, 0.25) is 5.78 Å². The second-order valence-corrected chi connectivity index (χ2v) is 10.8. The van der Waals surface area contributed by atoms with Crippen LogP contribution < -0.4 is 0 Å². The third-order valence-electron chi connectivity index (χ3n) is 8.54. The van der Waals surface area contributed by atoms with Crippen LogP contribution in [0.15, 0.2) is 36.4 Å². The molecule has 5 unspecified atom stereocenters. The molecular weight excluding hydrogens is 520 g/mol. The highest BCUT2D eigenvalue weighted by molar-refractivity contribution is 6.32. The minimum Gasteiger partial charge on any atom is -0.507 e. The van der Waals surface area contributed by atoms with Crippen molar-refractivity contribution in [2.24, 2.45) is 11.8 Å². The van der Waals surface area contributed by atoms with Crippen LogP contribution in [-0.4, -0.2) is 60.4 Å². The molecule has 3 aliphatic carbocycles. The number of benzene rings is 3. The van der Waals surface area contributed by atoms with Crippen LogP contribution in [0.5, 0.6) is 23.0 Å². The second-order valence-electron chi connectivity index (χ2n) is 10.8. The number of rotatable bonds is 0. The molecular formula is C30H22O10. The summed E-state index contributed by atoms with van der Waals surface area (Å²) in [5.74, 6) is -5.95. The van der Waals surface area contributed by atoms with Crippen LogP contribution >= 0.6 is 0 Å². The van der Waals surface area contributed by atoms with E-state index in [4.69, 9.17) is 4.74 Å². The van der Waals surface area contributed by atoms with Crippen LogP contribution in [0.1, 0.15) is 70.6 Å². The summed E-state index contributed by atoms with van der Waals surface area (Å²) in [6, 6.07) is 6.45. The topological polar surface area (TPSA) is 182 Å². The molecule has 5 atom stereocenters. The molecule has 10 nitrogen and oxygen atoms in total. The maximum absolute atomic E-state index is 13.8. The van der Waals surface area contributed by atoms with Gasteiger partial charge in [0, 0.05) is 11.5 Å². The maximum atomic E-state index is 13.8. The largest absolute Gasteiger partial charge is 0.507 e. The van der Waals surface area contributed by atoms with Crippen LogP contribution in [0.3, 0.4) is 0 Å². The SMILES string of the molecule is Cc1cc(O)c2c(c1)C(O)C1C3Cc4cc(O)c5c(c4C3=CC(O)C1OC2=O)C(=O)c1c(O)ccc(O)c1C5=O. The summed E-state index contributed by atoms with van der Waals surface area (Å²) in [5, 5.41) is 65.0. The van der Waals surface area contributed by atoms with Gasteiger partial charge in [-0.15, -0.1) is 0 Å². The zero-order valence-corrected chi connectivity index (χ0v) is 20.9. The first-order valence-electron chi connectivity index (χ1n) is 12.7. The van der Waals surface area contributed by atoms with Crippen LogP contribution in [0.25, 0.3) is 5.57 Å². The summed E-state index contributed by atoms with van der Waals surface area (Å²) >= 11 is 0. The molecule has 3 aromatic carbocycles. The number of fused-ring (bicyclic) bond motifs is 9. The quantitative estimate of drug-likeness (QED) is 0.143. The van der Waals surface area contributed by atoms with Crippen molar-refractivity contribution in [3.63, 3.8) is 0 Å². The number of ketones is 2. The zero-order valence-electron chi connectivity index (χ0n) is 20.9. The van der Waals surface area contributed by atoms with Gasteiger partial charge in [0.15, 0.2) is 5.78 Å². The Hall–Kier alpha value is -4.67. The van der Waals surface area contributed by atoms with Crippen LogP contribution in [0, 0.1) is 18.8 Å². The number of phenolic OH excluding ortho intramolecular Hbond substituents is 4. The van der Waals surface area contributed by atoms with Crippen molar-refractivity contribution >= 4 is 23.1 Å². The summed E-state index contributed by atoms with van der Waals surface area (Å²) in [4.78, 5) is 40.3. The summed E-state index contributed by atoms with van der Waals surface area (Å²) in [6.07, 6.45) is -2.40. The van der Waals surface area contributed by atoms with E-state index in [0.29, 0.717) is 16.7 Å². The predicted molar refractivity (Wildman–Crippen MR) is 136 cm³/mol. The van der Waals surface area contributed by atoms with E-state index >= 15 is 0 Å². The molecule has 40 heavy (non-hydrogen) atoms. The average Bonchev–Trinajstić information content (AvgIpc) is 3.18. The van der Waals surface area contributed by atoms with E-state index < -0.39 is 76.1 Å². The van der Waals surface area contributed by atoms with E-state index in [-0.39, 0.29) is 40.0 Å². The number of ether oxygens (including phenoxy) is 1. The summed E-state index contributed by atoms with van der Waals surface area (Å²) in [5.41, 5.74) is 0.356. The smallest absolute Gasteiger partial charge is 0.342 e. The molecule has 1 heterocycles. The number of carbonyl (C=O) groups excluding carboxylic acids is 3. The average molecular weight is 542 g/mol. The summed E-state index contributed by atoms with van der Waals surface area (Å²) in [7, 11) is 0. The Morgan fingerprint density at radius 3 is 2.02 bits per heavy atom. The van der Waals surface area contributed by atoms with Gasteiger partial charge in [-0.2, -0.15) is 0 Å². The number of hydrogen-bond donors (Lipinski definition) is 6. The van der Waals surface area contributed by atoms with Crippen LogP contribution in [-0.2, 0) is 11.2 Å². The van der Waals surface area contributed by atoms with E-state index in [0.717, 1.165) is 12.1 Å². The number of hydrogen-bond acceptors (Lipinski definition) is 10. The van der Waals surface area contributed by atoms with Gasteiger partial charge < -0.3 is 35.4 Å². The molecule has 0 amide bonds. The molecule has 1 aliphatic heterocycles. The van der Waals surface area contributed by atoms with Crippen molar-refractivity contribution in [2.75, 3.05) is 0 Å². The summed E-state index contributed by atoms with van der Waals surface area (Å²) in [6.45, 7) is 1.69. The molecule has 10 heteroatoms. The minimum atomic E-state index is -1.41. The number of phenols is 4. The molecule has 202 valence electrons. The first-order valence-corrected chi connectivity index (χ1v) is 12.7. The number of allylic oxidation sites excluding steroid dienone is 1. The van der Waals surface area contributed by atoms with Gasteiger partial charge in [-0.1, -0.05) is 6.07 Å². The van der Waals surface area contributed by atoms with Gasteiger partial charge in [0.05, 0.1) is 22.8 Å². The van der Waals surface area contributed by atoms with E-state index in [2.05, 4.69) is 0 Å². The predicted octanol–water partition coefficient (Wildman–Crippen LogP) is 2.41. The van der Waals surface area contributed by atoms with E-state index in [1.54, 1.807) is 13.0 Å².